The van der Waals surface area contributed by atoms with E-state index >= 15 is 0 Å². The van der Waals surface area contributed by atoms with Crippen molar-refractivity contribution in [1.82, 2.24) is 5.43 Å². The second-order valence-electron chi connectivity index (χ2n) is 3.72. The molecular formula is C14H14N2O2S. The summed E-state index contributed by atoms with van der Waals surface area (Å²) in [6.07, 6.45) is 3.46. The van der Waals surface area contributed by atoms with E-state index < -0.39 is 0 Å². The second kappa shape index (κ2) is 7.43. The van der Waals surface area contributed by atoms with Crippen LogP contribution < -0.4 is 5.43 Å². The van der Waals surface area contributed by atoms with Crippen molar-refractivity contribution in [2.75, 3.05) is 5.75 Å². The van der Waals surface area contributed by atoms with Crippen LogP contribution in [0.3, 0.4) is 0 Å². The van der Waals surface area contributed by atoms with E-state index in [-0.39, 0.29) is 5.91 Å². The first kappa shape index (κ1) is 13.4. The summed E-state index contributed by atoms with van der Waals surface area (Å²) < 4.78 is 5.05. The molecule has 98 valence electrons. The van der Waals surface area contributed by atoms with Crippen LogP contribution in [0.2, 0.25) is 0 Å². The fourth-order valence-corrected chi connectivity index (χ4v) is 2.24. The maximum atomic E-state index is 11.5. The summed E-state index contributed by atoms with van der Waals surface area (Å²) >= 11 is 1.65. The predicted molar refractivity (Wildman–Crippen MR) is 76.2 cm³/mol. The number of nitrogens with one attached hydrogen (secondary N) is 1. The summed E-state index contributed by atoms with van der Waals surface area (Å²) in [4.78, 5) is 12.7. The molecule has 2 rings (SSSR count). The molecule has 2 aromatic rings. The number of hydrazone groups is 1. The van der Waals surface area contributed by atoms with Crippen LogP contribution in [0.25, 0.3) is 0 Å². The molecule has 1 aromatic carbocycles. The van der Waals surface area contributed by atoms with Crippen molar-refractivity contribution in [2.24, 2.45) is 5.10 Å². The Labute approximate surface area is 115 Å². The van der Waals surface area contributed by atoms with Crippen molar-refractivity contribution >= 4 is 23.9 Å². The SMILES string of the molecule is O=C(CCSc1ccccc1)N/N=C\c1ccco1. The van der Waals surface area contributed by atoms with Crippen LogP contribution >= 0.6 is 11.8 Å². The van der Waals surface area contributed by atoms with E-state index in [2.05, 4.69) is 10.5 Å². The van der Waals surface area contributed by atoms with E-state index in [1.54, 1.807) is 30.2 Å². The van der Waals surface area contributed by atoms with E-state index in [1.807, 2.05) is 30.3 Å². The Morgan fingerprint density at radius 3 is 2.84 bits per heavy atom. The summed E-state index contributed by atoms with van der Waals surface area (Å²) in [6.45, 7) is 0. The molecule has 0 aliphatic rings. The molecule has 0 spiro atoms. The maximum Gasteiger partial charge on any atom is 0.240 e. The first-order valence-corrected chi connectivity index (χ1v) is 6.86. The van der Waals surface area contributed by atoms with E-state index in [9.17, 15) is 4.79 Å². The van der Waals surface area contributed by atoms with Crippen LogP contribution in [-0.4, -0.2) is 17.9 Å². The molecule has 1 amide bonds. The van der Waals surface area contributed by atoms with Crippen molar-refractivity contribution in [3.8, 4) is 0 Å². The molecule has 0 atom stereocenters. The topological polar surface area (TPSA) is 54.6 Å². The van der Waals surface area contributed by atoms with E-state index in [0.717, 1.165) is 10.6 Å². The van der Waals surface area contributed by atoms with Crippen molar-refractivity contribution in [3.63, 3.8) is 0 Å². The van der Waals surface area contributed by atoms with Gasteiger partial charge in [-0.2, -0.15) is 5.10 Å². The average Bonchev–Trinajstić information content (AvgIpc) is 2.93. The molecule has 1 heterocycles. The third-order valence-corrected chi connectivity index (χ3v) is 3.28. The highest BCUT2D eigenvalue weighted by molar-refractivity contribution is 7.99. The number of thioether (sulfide) groups is 1. The van der Waals surface area contributed by atoms with E-state index in [4.69, 9.17) is 4.42 Å². The molecule has 0 saturated carbocycles. The van der Waals surface area contributed by atoms with Gasteiger partial charge in [0.25, 0.3) is 0 Å². The highest BCUT2D eigenvalue weighted by Crippen LogP contribution is 2.17. The van der Waals surface area contributed by atoms with E-state index in [1.165, 1.54) is 6.21 Å². The van der Waals surface area contributed by atoms with Crippen LogP contribution in [0, 0.1) is 0 Å². The first-order valence-electron chi connectivity index (χ1n) is 5.88. The highest BCUT2D eigenvalue weighted by atomic mass is 32.2. The van der Waals surface area contributed by atoms with Crippen LogP contribution in [-0.2, 0) is 4.79 Å². The minimum Gasteiger partial charge on any atom is -0.463 e. The van der Waals surface area contributed by atoms with Crippen molar-refractivity contribution < 1.29 is 9.21 Å². The normalized spacial score (nSPS) is 10.7. The molecular weight excluding hydrogens is 260 g/mol. The molecule has 19 heavy (non-hydrogen) atoms. The van der Waals surface area contributed by atoms with Gasteiger partial charge in [-0.1, -0.05) is 18.2 Å². The van der Waals surface area contributed by atoms with Gasteiger partial charge in [0.2, 0.25) is 5.91 Å². The molecule has 1 N–H and O–H groups in total. The van der Waals surface area contributed by atoms with Crippen molar-refractivity contribution in [2.45, 2.75) is 11.3 Å². The lowest BCUT2D eigenvalue weighted by molar-refractivity contribution is -0.120. The number of benzene rings is 1. The fraction of sp³-hybridized carbons (Fsp3) is 0.143. The molecule has 0 fully saturated rings. The quantitative estimate of drug-likeness (QED) is 0.500. The van der Waals surface area contributed by atoms with Crippen LogP contribution in [0.1, 0.15) is 12.2 Å². The van der Waals surface area contributed by atoms with Gasteiger partial charge in [-0.05, 0) is 24.3 Å². The Hall–Kier alpha value is -2.01. The monoisotopic (exact) mass is 274 g/mol. The minimum absolute atomic E-state index is 0.105. The molecule has 5 heteroatoms. The number of carbonyl (C=O) groups excluding carboxylic acids is 1. The van der Waals surface area contributed by atoms with Crippen LogP contribution in [0.15, 0.2) is 63.1 Å². The summed E-state index contributed by atoms with van der Waals surface area (Å²) in [5, 5.41) is 3.81. The second-order valence-corrected chi connectivity index (χ2v) is 4.89. The Balaban J connectivity index is 1.65. The lowest BCUT2D eigenvalue weighted by Gasteiger charge is -2.00. The van der Waals surface area contributed by atoms with Crippen LogP contribution in [0.5, 0.6) is 0 Å². The number of rotatable bonds is 6. The molecule has 0 bridgehead atoms. The number of furan rings is 1. The lowest BCUT2D eigenvalue weighted by Crippen LogP contribution is -2.17. The van der Waals surface area contributed by atoms with Gasteiger partial charge < -0.3 is 4.42 Å². The molecule has 0 saturated heterocycles. The van der Waals surface area contributed by atoms with Gasteiger partial charge in [0.05, 0.1) is 12.5 Å². The summed E-state index contributed by atoms with van der Waals surface area (Å²) in [5.41, 5.74) is 2.46. The summed E-state index contributed by atoms with van der Waals surface area (Å²) in [5.74, 6) is 1.23. The zero-order valence-corrected chi connectivity index (χ0v) is 11.1. The predicted octanol–water partition coefficient (Wildman–Crippen LogP) is 2.91. The molecule has 0 aliphatic carbocycles. The third-order valence-electron chi connectivity index (χ3n) is 2.27. The molecule has 0 radical (unpaired) electrons. The van der Waals surface area contributed by atoms with Gasteiger partial charge in [0, 0.05) is 17.1 Å². The smallest absolute Gasteiger partial charge is 0.240 e. The fourth-order valence-electron chi connectivity index (χ4n) is 1.37. The van der Waals surface area contributed by atoms with Crippen molar-refractivity contribution in [3.05, 3.63) is 54.5 Å². The summed E-state index contributed by atoms with van der Waals surface area (Å²) in [7, 11) is 0. The number of hydrogen-bond donors (Lipinski definition) is 1. The molecule has 4 nitrogen and oxygen atoms in total. The minimum atomic E-state index is -0.105. The Kier molecular flexibility index (Phi) is 5.25. The first-order chi connectivity index (χ1) is 9.34. The zero-order valence-electron chi connectivity index (χ0n) is 10.3. The number of carbonyl (C=O) groups is 1. The Morgan fingerprint density at radius 1 is 1.26 bits per heavy atom. The zero-order chi connectivity index (χ0) is 13.3. The van der Waals surface area contributed by atoms with Gasteiger partial charge in [-0.25, -0.2) is 5.43 Å². The Bertz CT molecular complexity index is 524. The van der Waals surface area contributed by atoms with E-state index in [0.29, 0.717) is 12.2 Å². The van der Waals surface area contributed by atoms with Crippen molar-refractivity contribution in [1.29, 1.82) is 0 Å². The number of nitrogens with zero attached hydrogens (tertiary/aromatic N) is 1. The molecule has 1 aromatic heterocycles. The molecule has 0 aliphatic heterocycles. The van der Waals surface area contributed by atoms with Crippen LogP contribution in [0.4, 0.5) is 0 Å². The maximum absolute atomic E-state index is 11.5. The number of hydrogen-bond acceptors (Lipinski definition) is 4. The van der Waals surface area contributed by atoms with Gasteiger partial charge in [-0.15, -0.1) is 11.8 Å². The van der Waals surface area contributed by atoms with Gasteiger partial charge in [0.15, 0.2) is 0 Å². The Morgan fingerprint density at radius 2 is 2.11 bits per heavy atom. The van der Waals surface area contributed by atoms with Gasteiger partial charge >= 0.3 is 0 Å². The largest absolute Gasteiger partial charge is 0.463 e. The third kappa shape index (κ3) is 5.01. The highest BCUT2D eigenvalue weighted by Gasteiger charge is 2.00. The van der Waals surface area contributed by atoms with Gasteiger partial charge in [-0.3, -0.25) is 4.79 Å². The summed E-state index contributed by atoms with van der Waals surface area (Å²) in [6, 6.07) is 13.5. The average molecular weight is 274 g/mol. The van der Waals surface area contributed by atoms with Gasteiger partial charge in [0.1, 0.15) is 5.76 Å². The lowest BCUT2D eigenvalue weighted by atomic mass is 10.4. The standard InChI is InChI=1S/C14H14N2O2S/c17-14(16-15-11-12-5-4-9-18-12)8-10-19-13-6-2-1-3-7-13/h1-7,9,11H,8,10H2,(H,16,17)/b15-11-. The molecule has 0 unspecified atom stereocenters. The number of amides is 1.